The molecule has 1 saturated heterocycles. The molecule has 0 aromatic heterocycles. The van der Waals surface area contributed by atoms with E-state index in [-0.39, 0.29) is 15.9 Å². The maximum atomic E-state index is 11.9. The van der Waals surface area contributed by atoms with Crippen molar-refractivity contribution in [2.75, 3.05) is 18.0 Å². The predicted octanol–water partition coefficient (Wildman–Crippen LogP) is 1.76. The number of hydrogen-bond donors (Lipinski definition) is 2. The molecular weight excluding hydrogens is 326 g/mol. The number of primary amides is 1. The number of piperidine rings is 1. The summed E-state index contributed by atoms with van der Waals surface area (Å²) < 4.78 is 23.1. The molecular formula is C17H23N3O3S. The topological polar surface area (TPSA) is 106 Å². The Kier molecular flexibility index (Phi) is 4.40. The Morgan fingerprint density at radius 3 is 2.62 bits per heavy atom. The number of carbonyl (C=O) groups is 1. The molecule has 1 aromatic carbocycles. The van der Waals surface area contributed by atoms with E-state index in [1.54, 1.807) is 6.07 Å². The number of allylic oxidation sites excluding steroid dienone is 2. The molecule has 24 heavy (non-hydrogen) atoms. The fraction of sp³-hybridized carbons (Fsp3) is 0.471. The standard InChI is InChI=1S/C17H23N3O3S/c18-16(21)14-11-13(24(19,22)23)5-6-15(14)20-10-4-9-17(12-20)7-2-1-3-8-17/h1-2,5-6,11H,3-4,7-10,12H2,(H2,18,21)(H2,19,22,23)/t17-/m0/s1. The van der Waals surface area contributed by atoms with Crippen LogP contribution in [-0.4, -0.2) is 27.4 Å². The van der Waals surface area contributed by atoms with Gasteiger partial charge in [-0.3, -0.25) is 4.79 Å². The van der Waals surface area contributed by atoms with E-state index in [1.807, 2.05) is 0 Å². The van der Waals surface area contributed by atoms with Crippen molar-refractivity contribution >= 4 is 21.6 Å². The van der Waals surface area contributed by atoms with Crippen molar-refractivity contribution < 1.29 is 13.2 Å². The first-order chi connectivity index (χ1) is 11.3. The van der Waals surface area contributed by atoms with Gasteiger partial charge in [0.1, 0.15) is 0 Å². The zero-order valence-electron chi connectivity index (χ0n) is 13.6. The van der Waals surface area contributed by atoms with Gasteiger partial charge in [-0.25, -0.2) is 13.6 Å². The predicted molar refractivity (Wildman–Crippen MR) is 93.2 cm³/mol. The molecule has 6 nitrogen and oxygen atoms in total. The zero-order valence-corrected chi connectivity index (χ0v) is 14.4. The summed E-state index contributed by atoms with van der Waals surface area (Å²) in [7, 11) is -3.87. The molecule has 1 fully saturated rings. The molecule has 1 aliphatic carbocycles. The van der Waals surface area contributed by atoms with Crippen LogP contribution in [-0.2, 0) is 10.0 Å². The number of primary sulfonamides is 1. The molecule has 0 saturated carbocycles. The monoisotopic (exact) mass is 349 g/mol. The fourth-order valence-corrected chi connectivity index (χ4v) is 4.43. The first-order valence-corrected chi connectivity index (χ1v) is 9.72. The second kappa shape index (κ2) is 6.22. The smallest absolute Gasteiger partial charge is 0.250 e. The number of benzene rings is 1. The molecule has 130 valence electrons. The number of carbonyl (C=O) groups excluding carboxylic acids is 1. The van der Waals surface area contributed by atoms with Crippen LogP contribution in [0.2, 0.25) is 0 Å². The van der Waals surface area contributed by atoms with Gasteiger partial charge in [0.15, 0.2) is 0 Å². The van der Waals surface area contributed by atoms with Crippen molar-refractivity contribution in [3.8, 4) is 0 Å². The molecule has 1 aliphatic heterocycles. The summed E-state index contributed by atoms with van der Waals surface area (Å²) in [4.78, 5) is 13.9. The molecule has 1 heterocycles. The average molecular weight is 349 g/mol. The lowest BCUT2D eigenvalue weighted by Crippen LogP contribution is -2.44. The van der Waals surface area contributed by atoms with Crippen LogP contribution >= 0.6 is 0 Å². The Bertz CT molecular complexity index is 788. The first kappa shape index (κ1) is 17.0. The lowest BCUT2D eigenvalue weighted by atomic mass is 9.71. The summed E-state index contributed by atoms with van der Waals surface area (Å²) in [5, 5.41) is 5.16. The quantitative estimate of drug-likeness (QED) is 0.811. The number of anilines is 1. The largest absolute Gasteiger partial charge is 0.370 e. The normalized spacial score (nSPS) is 24.3. The molecule has 4 N–H and O–H groups in total. The third-order valence-corrected chi connectivity index (χ3v) is 6.03. The number of rotatable bonds is 3. The SMILES string of the molecule is NC(=O)c1cc(S(N)(=O)=O)ccc1N1CCC[C@@]2(CC=CCC2)C1. The third-order valence-electron chi connectivity index (χ3n) is 5.12. The fourth-order valence-electron chi connectivity index (χ4n) is 3.89. The van der Waals surface area contributed by atoms with Gasteiger partial charge in [-0.2, -0.15) is 0 Å². The molecule has 0 unspecified atom stereocenters. The molecule has 0 radical (unpaired) electrons. The van der Waals surface area contributed by atoms with Gasteiger partial charge in [0.05, 0.1) is 10.5 Å². The minimum absolute atomic E-state index is 0.0904. The summed E-state index contributed by atoms with van der Waals surface area (Å²) in [5.41, 5.74) is 6.64. The highest BCUT2D eigenvalue weighted by Crippen LogP contribution is 2.42. The number of amides is 1. The molecule has 1 amide bonds. The first-order valence-electron chi connectivity index (χ1n) is 8.17. The van der Waals surface area contributed by atoms with E-state index in [2.05, 4.69) is 17.1 Å². The maximum Gasteiger partial charge on any atom is 0.250 e. The summed E-state index contributed by atoms with van der Waals surface area (Å²) in [5.74, 6) is -0.640. The molecule has 7 heteroatoms. The van der Waals surface area contributed by atoms with E-state index in [9.17, 15) is 13.2 Å². The van der Waals surface area contributed by atoms with Gasteiger partial charge in [0, 0.05) is 18.8 Å². The third kappa shape index (κ3) is 3.32. The van der Waals surface area contributed by atoms with Crippen LogP contribution in [0.1, 0.15) is 42.5 Å². The minimum atomic E-state index is -3.87. The minimum Gasteiger partial charge on any atom is -0.370 e. The Balaban J connectivity index is 1.96. The van der Waals surface area contributed by atoms with Gasteiger partial charge < -0.3 is 10.6 Å². The summed E-state index contributed by atoms with van der Waals surface area (Å²) in [6.07, 6.45) is 9.96. The van der Waals surface area contributed by atoms with Gasteiger partial charge in [-0.1, -0.05) is 12.2 Å². The molecule has 3 rings (SSSR count). The van der Waals surface area contributed by atoms with Crippen LogP contribution < -0.4 is 15.8 Å². The molecule has 1 atom stereocenters. The second-order valence-corrected chi connectivity index (χ2v) is 8.39. The van der Waals surface area contributed by atoms with Gasteiger partial charge in [-0.05, 0) is 55.7 Å². The summed E-state index contributed by atoms with van der Waals surface area (Å²) in [6, 6.07) is 4.38. The highest BCUT2D eigenvalue weighted by Gasteiger charge is 2.36. The maximum absolute atomic E-state index is 11.9. The molecule has 1 aromatic rings. The van der Waals surface area contributed by atoms with E-state index < -0.39 is 15.9 Å². The van der Waals surface area contributed by atoms with E-state index in [4.69, 9.17) is 10.9 Å². The second-order valence-electron chi connectivity index (χ2n) is 6.83. The van der Waals surface area contributed by atoms with Crippen molar-refractivity contribution in [2.45, 2.75) is 37.0 Å². The average Bonchev–Trinajstić information content (AvgIpc) is 2.54. The van der Waals surface area contributed by atoms with Crippen LogP contribution in [0.5, 0.6) is 0 Å². The van der Waals surface area contributed by atoms with E-state index in [0.29, 0.717) is 5.69 Å². The van der Waals surface area contributed by atoms with Crippen LogP contribution in [0.4, 0.5) is 5.69 Å². The summed E-state index contributed by atoms with van der Waals surface area (Å²) in [6.45, 7) is 1.69. The van der Waals surface area contributed by atoms with Crippen molar-refractivity contribution in [1.82, 2.24) is 0 Å². The number of hydrogen-bond acceptors (Lipinski definition) is 4. The van der Waals surface area contributed by atoms with Gasteiger partial charge >= 0.3 is 0 Å². The van der Waals surface area contributed by atoms with Gasteiger partial charge in [0.2, 0.25) is 10.0 Å². The Hall–Kier alpha value is -1.86. The summed E-state index contributed by atoms with van der Waals surface area (Å²) >= 11 is 0. The van der Waals surface area contributed by atoms with Crippen LogP contribution in [0, 0.1) is 5.41 Å². The van der Waals surface area contributed by atoms with Gasteiger partial charge in [-0.15, -0.1) is 0 Å². The number of sulfonamides is 1. The highest BCUT2D eigenvalue weighted by atomic mass is 32.2. The van der Waals surface area contributed by atoms with Gasteiger partial charge in [0.25, 0.3) is 5.91 Å². The Morgan fingerprint density at radius 1 is 1.21 bits per heavy atom. The van der Waals surface area contributed by atoms with E-state index in [0.717, 1.165) is 38.8 Å². The van der Waals surface area contributed by atoms with Crippen molar-refractivity contribution in [3.05, 3.63) is 35.9 Å². The van der Waals surface area contributed by atoms with Crippen molar-refractivity contribution in [1.29, 1.82) is 0 Å². The number of nitrogens with zero attached hydrogens (tertiary/aromatic N) is 1. The highest BCUT2D eigenvalue weighted by molar-refractivity contribution is 7.89. The van der Waals surface area contributed by atoms with Crippen LogP contribution in [0.25, 0.3) is 0 Å². The van der Waals surface area contributed by atoms with E-state index >= 15 is 0 Å². The lowest BCUT2D eigenvalue weighted by molar-refractivity contribution is 0.1000. The van der Waals surface area contributed by atoms with Crippen molar-refractivity contribution in [3.63, 3.8) is 0 Å². The molecule has 0 bridgehead atoms. The van der Waals surface area contributed by atoms with Crippen LogP contribution in [0.3, 0.4) is 0 Å². The zero-order chi connectivity index (χ0) is 17.4. The van der Waals surface area contributed by atoms with Crippen LogP contribution in [0.15, 0.2) is 35.2 Å². The lowest BCUT2D eigenvalue weighted by Gasteiger charge is -2.45. The Morgan fingerprint density at radius 2 is 2.00 bits per heavy atom. The van der Waals surface area contributed by atoms with Crippen molar-refractivity contribution in [2.24, 2.45) is 16.3 Å². The Labute approximate surface area is 142 Å². The molecule has 2 aliphatic rings. The number of nitrogens with two attached hydrogens (primary N) is 2. The van der Waals surface area contributed by atoms with E-state index in [1.165, 1.54) is 18.6 Å². The molecule has 1 spiro atoms.